The normalized spacial score (nSPS) is 14.5. The van der Waals surface area contributed by atoms with Gasteiger partial charge < -0.3 is 15.0 Å². The van der Waals surface area contributed by atoms with Crippen LogP contribution in [0.4, 0.5) is 0 Å². The highest BCUT2D eigenvalue weighted by atomic mass is 16.5. The summed E-state index contributed by atoms with van der Waals surface area (Å²) in [5, 5.41) is 3.09. The van der Waals surface area contributed by atoms with E-state index in [0.29, 0.717) is 6.04 Å². The Morgan fingerprint density at radius 3 is 2.19 bits per heavy atom. The molecule has 0 aromatic heterocycles. The first-order valence-electron chi connectivity index (χ1n) is 8.42. The van der Waals surface area contributed by atoms with E-state index in [1.165, 1.54) is 32.9 Å². The van der Waals surface area contributed by atoms with E-state index in [9.17, 15) is 4.79 Å². The fourth-order valence-electron chi connectivity index (χ4n) is 2.54. The summed E-state index contributed by atoms with van der Waals surface area (Å²) in [6, 6.07) is 0.596. The van der Waals surface area contributed by atoms with Gasteiger partial charge in [0.1, 0.15) is 5.54 Å². The van der Waals surface area contributed by atoms with Crippen molar-refractivity contribution >= 4 is 5.97 Å². The SMILES string of the molecule is CCCCCN(CCCCC(C)(NC)C(=O)OC)C(C)C. The van der Waals surface area contributed by atoms with Crippen molar-refractivity contribution < 1.29 is 9.53 Å². The second-order valence-electron chi connectivity index (χ2n) is 6.37. The Morgan fingerprint density at radius 2 is 1.76 bits per heavy atom. The number of carbonyl (C=O) groups excluding carboxylic acids is 1. The molecule has 0 amide bonds. The van der Waals surface area contributed by atoms with Crippen molar-refractivity contribution in [2.45, 2.75) is 77.8 Å². The van der Waals surface area contributed by atoms with Gasteiger partial charge in [0.05, 0.1) is 7.11 Å². The number of esters is 1. The average Bonchev–Trinajstić information content (AvgIpc) is 2.48. The van der Waals surface area contributed by atoms with Crippen LogP contribution in [-0.2, 0) is 9.53 Å². The van der Waals surface area contributed by atoms with Gasteiger partial charge in [-0.1, -0.05) is 19.8 Å². The number of carbonyl (C=O) groups is 1. The second-order valence-corrected chi connectivity index (χ2v) is 6.37. The highest BCUT2D eigenvalue weighted by Gasteiger charge is 2.31. The van der Waals surface area contributed by atoms with Crippen molar-refractivity contribution in [3.8, 4) is 0 Å². The number of nitrogens with one attached hydrogen (secondary N) is 1. The second kappa shape index (κ2) is 11.0. The van der Waals surface area contributed by atoms with Gasteiger partial charge in [-0.05, 0) is 66.6 Å². The van der Waals surface area contributed by atoms with Crippen LogP contribution in [0.1, 0.15) is 66.2 Å². The van der Waals surface area contributed by atoms with Gasteiger partial charge in [-0.3, -0.25) is 4.79 Å². The van der Waals surface area contributed by atoms with E-state index in [4.69, 9.17) is 4.74 Å². The third-order valence-corrected chi connectivity index (χ3v) is 4.34. The molecule has 0 saturated heterocycles. The first-order valence-corrected chi connectivity index (χ1v) is 8.42. The van der Waals surface area contributed by atoms with E-state index in [1.54, 1.807) is 0 Å². The molecule has 1 atom stereocenters. The van der Waals surface area contributed by atoms with Gasteiger partial charge in [0.2, 0.25) is 0 Å². The maximum absolute atomic E-state index is 11.8. The smallest absolute Gasteiger partial charge is 0.325 e. The molecule has 0 rings (SSSR count). The zero-order chi connectivity index (χ0) is 16.3. The molecule has 0 radical (unpaired) electrons. The molecule has 126 valence electrons. The molecule has 0 aliphatic heterocycles. The van der Waals surface area contributed by atoms with Crippen LogP contribution in [0, 0.1) is 0 Å². The van der Waals surface area contributed by atoms with Crippen molar-refractivity contribution in [1.29, 1.82) is 0 Å². The van der Waals surface area contributed by atoms with Crippen LogP contribution in [0.15, 0.2) is 0 Å². The lowest BCUT2D eigenvalue weighted by atomic mass is 9.95. The third-order valence-electron chi connectivity index (χ3n) is 4.34. The Bertz CT molecular complexity index is 282. The number of unbranched alkanes of at least 4 members (excludes halogenated alkanes) is 3. The maximum atomic E-state index is 11.8. The molecular weight excluding hydrogens is 264 g/mol. The molecule has 4 heteroatoms. The van der Waals surface area contributed by atoms with Crippen LogP contribution >= 0.6 is 0 Å². The predicted molar refractivity (Wildman–Crippen MR) is 89.6 cm³/mol. The van der Waals surface area contributed by atoms with E-state index < -0.39 is 5.54 Å². The number of rotatable bonds is 12. The Hall–Kier alpha value is -0.610. The topological polar surface area (TPSA) is 41.6 Å². The van der Waals surface area contributed by atoms with Crippen molar-refractivity contribution in [3.63, 3.8) is 0 Å². The van der Waals surface area contributed by atoms with Crippen LogP contribution in [0.5, 0.6) is 0 Å². The Morgan fingerprint density at radius 1 is 1.19 bits per heavy atom. The van der Waals surface area contributed by atoms with Crippen molar-refractivity contribution in [1.82, 2.24) is 10.2 Å². The van der Waals surface area contributed by atoms with Crippen LogP contribution in [0.3, 0.4) is 0 Å². The zero-order valence-electron chi connectivity index (χ0n) is 15.0. The highest BCUT2D eigenvalue weighted by molar-refractivity contribution is 5.80. The van der Waals surface area contributed by atoms with Gasteiger partial charge in [-0.15, -0.1) is 0 Å². The summed E-state index contributed by atoms with van der Waals surface area (Å²) in [7, 11) is 3.27. The predicted octanol–water partition coefficient (Wildman–Crippen LogP) is 3.21. The van der Waals surface area contributed by atoms with E-state index in [-0.39, 0.29) is 5.97 Å². The van der Waals surface area contributed by atoms with Crippen LogP contribution < -0.4 is 5.32 Å². The molecule has 4 nitrogen and oxygen atoms in total. The zero-order valence-corrected chi connectivity index (χ0v) is 15.0. The summed E-state index contributed by atoms with van der Waals surface area (Å²) in [6.45, 7) is 11.0. The van der Waals surface area contributed by atoms with Gasteiger partial charge in [0.25, 0.3) is 0 Å². The highest BCUT2D eigenvalue weighted by Crippen LogP contribution is 2.16. The molecule has 0 aromatic rings. The molecule has 1 unspecified atom stereocenters. The number of likely N-dealkylation sites (N-methyl/N-ethyl adjacent to an activating group) is 1. The number of hydrogen-bond acceptors (Lipinski definition) is 4. The molecule has 0 fully saturated rings. The molecule has 0 aromatic carbocycles. The Labute approximate surface area is 131 Å². The van der Waals surface area contributed by atoms with Gasteiger partial charge in [0, 0.05) is 6.04 Å². The number of methoxy groups -OCH3 is 1. The minimum atomic E-state index is -0.556. The minimum absolute atomic E-state index is 0.173. The molecular formula is C17H36N2O2. The molecule has 0 heterocycles. The number of ether oxygens (including phenoxy) is 1. The molecule has 0 aliphatic rings. The van der Waals surface area contributed by atoms with E-state index >= 15 is 0 Å². The summed E-state index contributed by atoms with van der Waals surface area (Å²) < 4.78 is 4.88. The lowest BCUT2D eigenvalue weighted by molar-refractivity contribution is -0.148. The fraction of sp³-hybridized carbons (Fsp3) is 0.941. The van der Waals surface area contributed by atoms with Gasteiger partial charge in [0.15, 0.2) is 0 Å². The van der Waals surface area contributed by atoms with E-state index in [2.05, 4.69) is 31.0 Å². The average molecular weight is 300 g/mol. The molecule has 1 N–H and O–H groups in total. The molecule has 0 aliphatic carbocycles. The van der Waals surface area contributed by atoms with Crippen LogP contribution in [0.2, 0.25) is 0 Å². The van der Waals surface area contributed by atoms with Gasteiger partial charge in [-0.2, -0.15) is 0 Å². The van der Waals surface area contributed by atoms with Gasteiger partial charge in [-0.25, -0.2) is 0 Å². The van der Waals surface area contributed by atoms with E-state index in [1.807, 2.05) is 14.0 Å². The summed E-state index contributed by atoms with van der Waals surface area (Å²) in [5.74, 6) is -0.173. The quantitative estimate of drug-likeness (QED) is 0.444. The first-order chi connectivity index (χ1) is 9.91. The molecule has 0 spiro atoms. The van der Waals surface area contributed by atoms with Gasteiger partial charge >= 0.3 is 5.97 Å². The maximum Gasteiger partial charge on any atom is 0.325 e. The lowest BCUT2D eigenvalue weighted by Crippen LogP contribution is -2.48. The minimum Gasteiger partial charge on any atom is -0.468 e. The first kappa shape index (κ1) is 20.4. The van der Waals surface area contributed by atoms with Crippen molar-refractivity contribution in [2.24, 2.45) is 0 Å². The monoisotopic (exact) mass is 300 g/mol. The third kappa shape index (κ3) is 7.82. The van der Waals surface area contributed by atoms with Crippen LogP contribution in [-0.4, -0.2) is 49.7 Å². The molecule has 0 saturated carbocycles. The summed E-state index contributed by atoms with van der Waals surface area (Å²) in [6.07, 6.45) is 6.83. The van der Waals surface area contributed by atoms with Crippen molar-refractivity contribution in [3.05, 3.63) is 0 Å². The number of hydrogen-bond donors (Lipinski definition) is 1. The molecule has 0 bridgehead atoms. The van der Waals surface area contributed by atoms with Crippen LogP contribution in [0.25, 0.3) is 0 Å². The fourth-order valence-corrected chi connectivity index (χ4v) is 2.54. The summed E-state index contributed by atoms with van der Waals surface area (Å²) >= 11 is 0. The molecule has 21 heavy (non-hydrogen) atoms. The summed E-state index contributed by atoms with van der Waals surface area (Å²) in [4.78, 5) is 14.3. The largest absolute Gasteiger partial charge is 0.468 e. The lowest BCUT2D eigenvalue weighted by Gasteiger charge is -2.28. The van der Waals surface area contributed by atoms with E-state index in [0.717, 1.165) is 25.8 Å². The van der Waals surface area contributed by atoms with Crippen molar-refractivity contribution in [2.75, 3.05) is 27.2 Å². The number of nitrogens with zero attached hydrogens (tertiary/aromatic N) is 1. The Balaban J connectivity index is 4.11. The standard InChI is InChI=1S/C17H36N2O2/c1-7-8-10-13-19(15(2)3)14-11-9-12-17(4,18-5)16(20)21-6/h15,18H,7-14H2,1-6H3. The Kier molecular flexibility index (Phi) is 10.7. The summed E-state index contributed by atoms with van der Waals surface area (Å²) in [5.41, 5.74) is -0.556.